The first-order valence-corrected chi connectivity index (χ1v) is 23.7. The molecule has 0 spiro atoms. The molecule has 0 radical (unpaired) electrons. The number of unbranched alkanes of at least 4 members (excludes halogenated alkanes) is 1. The number of hydrogen-bond acceptors (Lipinski definition) is 13. The molecule has 0 fully saturated rings. The lowest BCUT2D eigenvalue weighted by atomic mass is 10.1. The zero-order chi connectivity index (χ0) is 48.7. The van der Waals surface area contributed by atoms with E-state index in [1.54, 1.807) is 44.4 Å². The Bertz CT molecular complexity index is 2530. The second-order valence-electron chi connectivity index (χ2n) is 17.3. The normalized spacial score (nSPS) is 13.7. The van der Waals surface area contributed by atoms with E-state index in [-0.39, 0.29) is 25.2 Å². The Morgan fingerprint density at radius 3 is 2.10 bits per heavy atom. The molecule has 0 N–H and O–H groups in total. The van der Waals surface area contributed by atoms with Crippen molar-refractivity contribution in [2.45, 2.75) is 51.9 Å². The molecule has 0 bridgehead atoms. The lowest BCUT2D eigenvalue weighted by molar-refractivity contribution is 0.0264. The molecule has 0 saturated heterocycles. The van der Waals surface area contributed by atoms with E-state index in [4.69, 9.17) is 33.2 Å². The van der Waals surface area contributed by atoms with Gasteiger partial charge >= 0.3 is 0 Å². The minimum atomic E-state index is -0.178. The van der Waals surface area contributed by atoms with Crippen molar-refractivity contribution in [1.82, 2.24) is 0 Å². The van der Waals surface area contributed by atoms with Crippen LogP contribution < -0.4 is 38.5 Å². The molecule has 1 atom stereocenters. The fourth-order valence-corrected chi connectivity index (χ4v) is 9.07. The number of methoxy groups -OCH3 is 3. The van der Waals surface area contributed by atoms with Gasteiger partial charge < -0.3 is 52.8 Å². The second-order valence-corrected chi connectivity index (χ2v) is 17.3. The van der Waals surface area contributed by atoms with E-state index in [0.717, 1.165) is 72.3 Å². The maximum Gasteiger partial charge on any atom is 0.260 e. The van der Waals surface area contributed by atoms with Crippen LogP contribution in [0.25, 0.3) is 0 Å². The molecule has 2 heterocycles. The van der Waals surface area contributed by atoms with Crippen LogP contribution in [0.4, 0.5) is 28.4 Å². The van der Waals surface area contributed by atoms with Gasteiger partial charge in [0, 0.05) is 82.1 Å². The lowest BCUT2D eigenvalue weighted by Crippen LogP contribution is -2.39. The molecule has 0 aliphatic carbocycles. The first-order chi connectivity index (χ1) is 33.7. The number of hydrogen-bond donors (Lipinski definition) is 0. The monoisotopic (exact) mass is 941 g/mol. The highest BCUT2D eigenvalue weighted by Crippen LogP contribution is 2.40. The molecule has 5 aromatic rings. The van der Waals surface area contributed by atoms with Gasteiger partial charge in [-0.25, -0.2) is 0 Å². The summed E-state index contributed by atoms with van der Waals surface area (Å²) in [7, 11) is 8.92. The van der Waals surface area contributed by atoms with Crippen molar-refractivity contribution in [2.75, 3.05) is 114 Å². The van der Waals surface area contributed by atoms with Gasteiger partial charge in [-0.3, -0.25) is 14.6 Å². The molecular formula is C55H67N5O9. The Kier molecular flexibility index (Phi) is 17.9. The molecule has 2 aliphatic heterocycles. The third kappa shape index (κ3) is 12.4. The average Bonchev–Trinajstić information content (AvgIpc) is 3.96. The number of nitrogens with zero attached hydrogens (tertiary/aromatic N) is 5. The zero-order valence-corrected chi connectivity index (χ0v) is 41.0. The molecule has 2 aliphatic rings. The Morgan fingerprint density at radius 2 is 1.43 bits per heavy atom. The van der Waals surface area contributed by atoms with E-state index >= 15 is 0 Å². The fraction of sp³-hybridized carbons (Fsp3) is 0.400. The molecule has 69 heavy (non-hydrogen) atoms. The van der Waals surface area contributed by atoms with Crippen LogP contribution in [-0.2, 0) is 40.3 Å². The van der Waals surface area contributed by atoms with E-state index in [0.29, 0.717) is 92.5 Å². The van der Waals surface area contributed by atoms with Crippen LogP contribution in [0.3, 0.4) is 0 Å². The fourth-order valence-electron chi connectivity index (χ4n) is 9.07. The largest absolute Gasteiger partial charge is 0.493 e. The van der Waals surface area contributed by atoms with Crippen molar-refractivity contribution in [3.05, 3.63) is 124 Å². The first kappa shape index (κ1) is 50.3. The molecule has 1 amide bonds. The first-order valence-electron chi connectivity index (χ1n) is 23.7. The van der Waals surface area contributed by atoms with Crippen LogP contribution in [-0.4, -0.2) is 120 Å². The number of benzene rings is 5. The highest BCUT2D eigenvalue weighted by Gasteiger charge is 2.30. The van der Waals surface area contributed by atoms with Gasteiger partial charge in [-0.15, -0.1) is 0 Å². The Balaban J connectivity index is 1.14. The Morgan fingerprint density at radius 1 is 0.783 bits per heavy atom. The van der Waals surface area contributed by atoms with Gasteiger partial charge in [0.15, 0.2) is 29.3 Å². The standard InChI is InChI=1S/C55H67N5O9/c1-8-9-19-59(21-22-66-25-26-67-24-23-63-5)44-28-39(37-68-53-33-47(56-2)46(32-52(53)65-7)55(62)60-20-18-41-14-10-13-17-49(41)60)27-40(29-44)38-69-54-34-50(43(36-61)31-51(54)64-6)57(3)35-45-30-42-15-11-12-16-48(42)58(45)4/h10-17,27-29,31-34,36,45H,2,8-9,18-26,30,35,37-38H2,1,3-7H3. The van der Waals surface area contributed by atoms with E-state index in [1.807, 2.05) is 37.4 Å². The summed E-state index contributed by atoms with van der Waals surface area (Å²) in [5.74, 6) is 1.63. The minimum Gasteiger partial charge on any atom is -0.493 e. The summed E-state index contributed by atoms with van der Waals surface area (Å²) >= 11 is 0. The van der Waals surface area contributed by atoms with Gasteiger partial charge in [-0.05, 0) is 90.7 Å². The van der Waals surface area contributed by atoms with Crippen molar-refractivity contribution >= 4 is 47.3 Å². The number of aldehydes is 1. The third-order valence-corrected chi connectivity index (χ3v) is 12.8. The van der Waals surface area contributed by atoms with Gasteiger partial charge in [0.25, 0.3) is 5.91 Å². The van der Waals surface area contributed by atoms with Crippen molar-refractivity contribution in [3.63, 3.8) is 0 Å². The number of ether oxygens (including phenoxy) is 7. The number of carbonyl (C=O) groups excluding carboxylic acids is 2. The molecule has 7 rings (SSSR count). The van der Waals surface area contributed by atoms with Gasteiger partial charge in [-0.2, -0.15) is 0 Å². The SMILES string of the molecule is C=Nc1cc(OCc2cc(COc3cc(N(C)CC4Cc5ccccc5N4C)c(C=O)cc3OC)cc(N(CCCC)CCOCCOCCOC)c2)c(OC)cc1C(=O)N1CCc2ccccc21. The smallest absolute Gasteiger partial charge is 0.260 e. The molecule has 14 nitrogen and oxygen atoms in total. The number of likely N-dealkylation sites (N-methyl/N-ethyl adjacent to an activating group) is 2. The summed E-state index contributed by atoms with van der Waals surface area (Å²) in [5.41, 5.74) is 9.38. The summed E-state index contributed by atoms with van der Waals surface area (Å²) in [5, 5.41) is 0. The summed E-state index contributed by atoms with van der Waals surface area (Å²) in [4.78, 5) is 39.3. The number of para-hydroxylation sites is 2. The van der Waals surface area contributed by atoms with Crippen molar-refractivity contribution in [2.24, 2.45) is 4.99 Å². The van der Waals surface area contributed by atoms with Gasteiger partial charge in [0.2, 0.25) is 0 Å². The van der Waals surface area contributed by atoms with Crippen LogP contribution >= 0.6 is 0 Å². The maximum atomic E-state index is 14.0. The van der Waals surface area contributed by atoms with E-state index in [1.165, 1.54) is 11.3 Å². The Hall–Kier alpha value is -6.61. The molecule has 0 aromatic heterocycles. The van der Waals surface area contributed by atoms with Gasteiger partial charge in [0.1, 0.15) is 13.2 Å². The molecule has 366 valence electrons. The molecular weight excluding hydrogens is 875 g/mol. The van der Waals surface area contributed by atoms with Crippen molar-refractivity contribution in [1.29, 1.82) is 0 Å². The van der Waals surface area contributed by atoms with Gasteiger partial charge in [0.05, 0.1) is 70.2 Å². The molecule has 0 saturated carbocycles. The zero-order valence-electron chi connectivity index (χ0n) is 41.0. The number of fused-ring (bicyclic) bond motifs is 2. The third-order valence-electron chi connectivity index (χ3n) is 12.8. The number of amides is 1. The highest BCUT2D eigenvalue weighted by atomic mass is 16.5. The van der Waals surface area contributed by atoms with Crippen molar-refractivity contribution < 1.29 is 42.7 Å². The number of aliphatic imine (C=N–C) groups is 1. The number of anilines is 4. The van der Waals surface area contributed by atoms with Gasteiger partial charge in [-0.1, -0.05) is 49.7 Å². The topological polar surface area (TPSA) is 124 Å². The predicted octanol–water partition coefficient (Wildman–Crippen LogP) is 8.99. The lowest BCUT2D eigenvalue weighted by Gasteiger charge is -2.30. The minimum absolute atomic E-state index is 0.170. The van der Waals surface area contributed by atoms with E-state index in [9.17, 15) is 9.59 Å². The van der Waals surface area contributed by atoms with Crippen LogP contribution in [0.2, 0.25) is 0 Å². The van der Waals surface area contributed by atoms with E-state index in [2.05, 4.69) is 82.8 Å². The predicted molar refractivity (Wildman–Crippen MR) is 274 cm³/mol. The molecule has 14 heteroatoms. The summed E-state index contributed by atoms with van der Waals surface area (Å²) in [6.45, 7) is 11.6. The summed E-state index contributed by atoms with van der Waals surface area (Å²) < 4.78 is 41.5. The van der Waals surface area contributed by atoms with Crippen LogP contribution in [0.15, 0.2) is 96.0 Å². The molecule has 1 unspecified atom stereocenters. The maximum absolute atomic E-state index is 14.0. The Labute approximate surface area is 407 Å². The highest BCUT2D eigenvalue weighted by molar-refractivity contribution is 6.10. The average molecular weight is 942 g/mol. The quantitative estimate of drug-likeness (QED) is 0.0284. The van der Waals surface area contributed by atoms with Crippen molar-refractivity contribution in [3.8, 4) is 23.0 Å². The number of carbonyl (C=O) groups is 2. The van der Waals surface area contributed by atoms with E-state index < -0.39 is 0 Å². The molecule has 5 aromatic carbocycles. The number of rotatable bonds is 27. The second kappa shape index (κ2) is 24.6. The summed E-state index contributed by atoms with van der Waals surface area (Å²) in [6.07, 6.45) is 4.56. The van der Waals surface area contributed by atoms with Crippen LogP contribution in [0.1, 0.15) is 62.7 Å². The van der Waals surface area contributed by atoms with Crippen LogP contribution in [0.5, 0.6) is 23.0 Å². The summed E-state index contributed by atoms with van der Waals surface area (Å²) in [6, 6.07) is 30.0. The van der Waals surface area contributed by atoms with Crippen LogP contribution in [0, 0.1) is 0 Å².